The Hall–Kier alpha value is -1.38. The predicted octanol–water partition coefficient (Wildman–Crippen LogP) is 4.01. The predicted molar refractivity (Wildman–Crippen MR) is 72.7 cm³/mol. The quantitative estimate of drug-likeness (QED) is 0.806. The lowest BCUT2D eigenvalue weighted by atomic mass is 10.1. The van der Waals surface area contributed by atoms with Gasteiger partial charge in [0.25, 0.3) is 0 Å². The molecule has 0 N–H and O–H groups in total. The van der Waals surface area contributed by atoms with Crippen LogP contribution in [0, 0.1) is 0 Å². The van der Waals surface area contributed by atoms with Crippen molar-refractivity contribution in [3.63, 3.8) is 0 Å². The van der Waals surface area contributed by atoms with Crippen molar-refractivity contribution < 1.29 is 9.47 Å². The van der Waals surface area contributed by atoms with Crippen molar-refractivity contribution in [1.82, 2.24) is 0 Å². The van der Waals surface area contributed by atoms with Crippen molar-refractivity contribution in [2.45, 2.75) is 26.1 Å². The SMILES string of the molecule is CCOC1c2cccc3cccc(c23)C1OCC. The number of hydrogen-bond donors (Lipinski definition) is 0. The van der Waals surface area contributed by atoms with Gasteiger partial charge >= 0.3 is 0 Å². The molecule has 0 fully saturated rings. The molecule has 1 aliphatic rings. The van der Waals surface area contributed by atoms with E-state index in [0.717, 1.165) is 0 Å². The summed E-state index contributed by atoms with van der Waals surface area (Å²) in [7, 11) is 0. The van der Waals surface area contributed by atoms with Gasteiger partial charge in [-0.25, -0.2) is 0 Å². The minimum atomic E-state index is 0.0380. The molecule has 0 aliphatic heterocycles. The van der Waals surface area contributed by atoms with Crippen molar-refractivity contribution >= 4 is 10.8 Å². The molecule has 2 nitrogen and oxygen atoms in total. The van der Waals surface area contributed by atoms with Gasteiger partial charge in [0.15, 0.2) is 0 Å². The van der Waals surface area contributed by atoms with Crippen LogP contribution in [-0.4, -0.2) is 13.2 Å². The number of ether oxygens (including phenoxy) is 2. The Morgan fingerprint density at radius 3 is 1.78 bits per heavy atom. The van der Waals surface area contributed by atoms with E-state index in [1.807, 2.05) is 13.8 Å². The lowest BCUT2D eigenvalue weighted by Crippen LogP contribution is -2.12. The Bertz CT molecular complexity index is 515. The fraction of sp³-hybridized carbons (Fsp3) is 0.375. The molecule has 18 heavy (non-hydrogen) atoms. The van der Waals surface area contributed by atoms with Gasteiger partial charge in [-0.15, -0.1) is 0 Å². The van der Waals surface area contributed by atoms with Gasteiger partial charge in [-0.2, -0.15) is 0 Å². The summed E-state index contributed by atoms with van der Waals surface area (Å²) in [6.07, 6.45) is 0.0760. The molecule has 94 valence electrons. The van der Waals surface area contributed by atoms with E-state index in [9.17, 15) is 0 Å². The molecular formula is C16H18O2. The number of hydrogen-bond acceptors (Lipinski definition) is 2. The lowest BCUT2D eigenvalue weighted by molar-refractivity contribution is -0.0656. The van der Waals surface area contributed by atoms with Gasteiger partial charge in [0.2, 0.25) is 0 Å². The third kappa shape index (κ3) is 1.64. The van der Waals surface area contributed by atoms with Crippen LogP contribution >= 0.6 is 0 Å². The highest BCUT2D eigenvalue weighted by atomic mass is 16.5. The summed E-state index contributed by atoms with van der Waals surface area (Å²) in [5.41, 5.74) is 2.53. The van der Waals surface area contributed by atoms with Crippen LogP contribution in [0.4, 0.5) is 0 Å². The van der Waals surface area contributed by atoms with Crippen LogP contribution in [0.25, 0.3) is 10.8 Å². The molecule has 0 spiro atoms. The summed E-state index contributed by atoms with van der Waals surface area (Å²) < 4.78 is 11.8. The van der Waals surface area contributed by atoms with Gasteiger partial charge in [-0.1, -0.05) is 36.4 Å². The average molecular weight is 242 g/mol. The minimum absolute atomic E-state index is 0.0380. The molecule has 1 aliphatic carbocycles. The first-order valence-electron chi connectivity index (χ1n) is 6.61. The zero-order valence-electron chi connectivity index (χ0n) is 10.8. The largest absolute Gasteiger partial charge is 0.371 e. The van der Waals surface area contributed by atoms with E-state index in [2.05, 4.69) is 36.4 Å². The standard InChI is InChI=1S/C16H18O2/c1-3-17-15-12-9-5-7-11-8-6-10-13(14(11)12)16(15)18-4-2/h5-10,15-16H,3-4H2,1-2H3. The molecule has 0 radical (unpaired) electrons. The van der Waals surface area contributed by atoms with Gasteiger partial charge in [-0.05, 0) is 35.7 Å². The highest BCUT2D eigenvalue weighted by Gasteiger charge is 2.35. The van der Waals surface area contributed by atoms with Crippen molar-refractivity contribution in [2.75, 3.05) is 13.2 Å². The van der Waals surface area contributed by atoms with E-state index in [0.29, 0.717) is 13.2 Å². The number of rotatable bonds is 4. The van der Waals surface area contributed by atoms with Crippen LogP contribution in [-0.2, 0) is 9.47 Å². The van der Waals surface area contributed by atoms with Crippen LogP contribution < -0.4 is 0 Å². The third-order valence-corrected chi connectivity index (χ3v) is 3.55. The summed E-state index contributed by atoms with van der Waals surface area (Å²) in [6, 6.07) is 12.8. The first-order chi connectivity index (χ1) is 8.86. The smallest absolute Gasteiger partial charge is 0.113 e. The molecule has 2 heteroatoms. The van der Waals surface area contributed by atoms with Crippen molar-refractivity contribution in [3.8, 4) is 0 Å². The van der Waals surface area contributed by atoms with Gasteiger partial charge < -0.3 is 9.47 Å². The van der Waals surface area contributed by atoms with Gasteiger partial charge in [-0.3, -0.25) is 0 Å². The van der Waals surface area contributed by atoms with Crippen LogP contribution in [0.1, 0.15) is 37.2 Å². The Labute approximate surface area is 108 Å². The van der Waals surface area contributed by atoms with Crippen LogP contribution in [0.2, 0.25) is 0 Å². The fourth-order valence-corrected chi connectivity index (χ4v) is 2.91. The van der Waals surface area contributed by atoms with E-state index in [1.165, 1.54) is 21.9 Å². The maximum absolute atomic E-state index is 5.92. The Kier molecular flexibility index (Phi) is 3.06. The molecule has 0 saturated heterocycles. The van der Waals surface area contributed by atoms with Crippen molar-refractivity contribution in [1.29, 1.82) is 0 Å². The second-order valence-electron chi connectivity index (χ2n) is 4.54. The summed E-state index contributed by atoms with van der Waals surface area (Å²) in [5.74, 6) is 0. The summed E-state index contributed by atoms with van der Waals surface area (Å²) in [4.78, 5) is 0. The summed E-state index contributed by atoms with van der Waals surface area (Å²) >= 11 is 0. The third-order valence-electron chi connectivity index (χ3n) is 3.55. The summed E-state index contributed by atoms with van der Waals surface area (Å²) in [6.45, 7) is 5.48. The Morgan fingerprint density at radius 2 is 1.33 bits per heavy atom. The minimum Gasteiger partial charge on any atom is -0.371 e. The van der Waals surface area contributed by atoms with Crippen LogP contribution in [0.5, 0.6) is 0 Å². The second kappa shape index (κ2) is 4.71. The molecule has 3 rings (SSSR count). The normalized spacial score (nSPS) is 21.7. The molecule has 0 amide bonds. The molecule has 0 heterocycles. The monoisotopic (exact) mass is 242 g/mol. The second-order valence-corrected chi connectivity index (χ2v) is 4.54. The fourth-order valence-electron chi connectivity index (χ4n) is 2.91. The van der Waals surface area contributed by atoms with Crippen LogP contribution in [0.15, 0.2) is 36.4 Å². The maximum Gasteiger partial charge on any atom is 0.113 e. The Balaban J connectivity index is 2.18. The molecule has 2 aromatic carbocycles. The van der Waals surface area contributed by atoms with Crippen LogP contribution in [0.3, 0.4) is 0 Å². The van der Waals surface area contributed by atoms with E-state index < -0.39 is 0 Å². The average Bonchev–Trinajstić information content (AvgIpc) is 2.69. The molecular weight excluding hydrogens is 224 g/mol. The zero-order valence-corrected chi connectivity index (χ0v) is 10.8. The highest BCUT2D eigenvalue weighted by Crippen LogP contribution is 2.47. The molecule has 0 bridgehead atoms. The number of benzene rings is 2. The molecule has 0 saturated carbocycles. The van der Waals surface area contributed by atoms with Crippen molar-refractivity contribution in [3.05, 3.63) is 47.5 Å². The van der Waals surface area contributed by atoms with E-state index in [4.69, 9.17) is 9.47 Å². The Morgan fingerprint density at radius 1 is 0.833 bits per heavy atom. The van der Waals surface area contributed by atoms with E-state index >= 15 is 0 Å². The van der Waals surface area contributed by atoms with E-state index in [1.54, 1.807) is 0 Å². The highest BCUT2D eigenvalue weighted by molar-refractivity contribution is 5.91. The lowest BCUT2D eigenvalue weighted by Gasteiger charge is -2.21. The zero-order chi connectivity index (χ0) is 12.5. The van der Waals surface area contributed by atoms with E-state index in [-0.39, 0.29) is 12.2 Å². The molecule has 2 aromatic rings. The molecule has 0 aromatic heterocycles. The molecule has 2 atom stereocenters. The first kappa shape index (κ1) is 11.7. The summed E-state index contributed by atoms with van der Waals surface area (Å²) in [5, 5.41) is 2.59. The maximum atomic E-state index is 5.92. The van der Waals surface area contributed by atoms with Gasteiger partial charge in [0.05, 0.1) is 0 Å². The van der Waals surface area contributed by atoms with Gasteiger partial charge in [0, 0.05) is 13.2 Å². The molecule has 2 unspecified atom stereocenters. The topological polar surface area (TPSA) is 18.5 Å². The van der Waals surface area contributed by atoms with Crippen molar-refractivity contribution in [2.24, 2.45) is 0 Å². The van der Waals surface area contributed by atoms with Gasteiger partial charge in [0.1, 0.15) is 12.2 Å². The first-order valence-corrected chi connectivity index (χ1v) is 6.61.